The van der Waals surface area contributed by atoms with Gasteiger partial charge in [-0.05, 0) is 25.7 Å². The number of hydrogen-bond donors (Lipinski definition) is 0. The van der Waals surface area contributed by atoms with E-state index in [9.17, 15) is 18.9 Å². The minimum absolute atomic E-state index is 0. The van der Waals surface area contributed by atoms with Crippen LogP contribution in [0.1, 0.15) is 105 Å². The first-order valence-electron chi connectivity index (χ1n) is 11.4. The minimum Gasteiger partial charge on any atom is -0.756 e. The van der Waals surface area contributed by atoms with E-state index in [2.05, 4.69) is 45.8 Å². The van der Waals surface area contributed by atoms with E-state index in [0.29, 0.717) is 0 Å². The van der Waals surface area contributed by atoms with Crippen LogP contribution in [0.4, 0.5) is 0 Å². The maximum absolute atomic E-state index is 11.1. The molecule has 0 saturated carbocycles. The Morgan fingerprint density at radius 1 is 0.484 bits per heavy atom. The first kappa shape index (κ1) is 36.3. The topological polar surface area (TPSA) is 117 Å². The maximum atomic E-state index is 11.1. The van der Waals surface area contributed by atoms with Crippen molar-refractivity contribution in [1.29, 1.82) is 0 Å². The van der Waals surface area contributed by atoms with Gasteiger partial charge in [0.1, 0.15) is 0 Å². The van der Waals surface area contributed by atoms with Crippen LogP contribution >= 0.6 is 15.6 Å². The molecule has 0 aliphatic rings. The third-order valence-electron chi connectivity index (χ3n) is 3.99. The van der Waals surface area contributed by atoms with Crippen molar-refractivity contribution in [3.05, 3.63) is 0 Å². The molecule has 11 heteroatoms. The van der Waals surface area contributed by atoms with Gasteiger partial charge in [0.25, 0.3) is 15.6 Å². The molecule has 8 nitrogen and oxygen atoms in total. The molecule has 0 spiro atoms. The van der Waals surface area contributed by atoms with Crippen LogP contribution in [0.2, 0.25) is 0 Å². The van der Waals surface area contributed by atoms with Gasteiger partial charge in [-0.2, -0.15) is 0 Å². The van der Waals surface area contributed by atoms with Crippen molar-refractivity contribution < 1.29 is 53.8 Å². The summed E-state index contributed by atoms with van der Waals surface area (Å²) < 4.78 is 41.0. The maximum Gasteiger partial charge on any atom is 2.00 e. The average Bonchev–Trinajstić information content (AvgIpc) is 2.70. The van der Waals surface area contributed by atoms with Gasteiger partial charge in [0, 0.05) is 0 Å². The number of unbranched alkanes of at least 4 members (excludes halogenated alkanes) is 8. The van der Waals surface area contributed by atoms with Gasteiger partial charge in [-0.15, -0.1) is 0 Å². The Labute approximate surface area is 200 Å². The Balaban J connectivity index is -0.000000490. The summed E-state index contributed by atoms with van der Waals surface area (Å²) in [4.78, 5) is 22.3. The zero-order chi connectivity index (χ0) is 23.1. The molecular formula is C20H44CoO8P2. The molecule has 0 heterocycles. The number of phosphoric acid groups is 2. The third-order valence-corrected chi connectivity index (χ3v) is 5.98. The molecule has 191 valence electrons. The Hall–Kier alpha value is 0.726. The van der Waals surface area contributed by atoms with Gasteiger partial charge in [0.05, 0.1) is 26.4 Å². The van der Waals surface area contributed by atoms with Crippen molar-refractivity contribution >= 4 is 15.6 Å². The van der Waals surface area contributed by atoms with E-state index in [1.807, 2.05) is 0 Å². The van der Waals surface area contributed by atoms with E-state index in [4.69, 9.17) is 0 Å². The summed E-state index contributed by atoms with van der Waals surface area (Å²) >= 11 is 0. The monoisotopic (exact) mass is 533 g/mol. The van der Waals surface area contributed by atoms with Crippen LogP contribution in [-0.4, -0.2) is 26.4 Å². The molecule has 0 saturated heterocycles. The zero-order valence-electron chi connectivity index (χ0n) is 19.8. The van der Waals surface area contributed by atoms with E-state index in [0.717, 1.165) is 77.0 Å². The van der Waals surface area contributed by atoms with Crippen LogP contribution in [0.15, 0.2) is 0 Å². The molecule has 1 radical (unpaired) electrons. The van der Waals surface area contributed by atoms with E-state index >= 15 is 0 Å². The predicted octanol–water partition coefficient (Wildman–Crippen LogP) is 5.73. The molecule has 0 N–H and O–H groups in total. The average molecular weight is 533 g/mol. The van der Waals surface area contributed by atoms with E-state index in [-0.39, 0.29) is 43.2 Å². The van der Waals surface area contributed by atoms with Crippen molar-refractivity contribution in [2.24, 2.45) is 0 Å². The fraction of sp³-hybridized carbons (Fsp3) is 1.00. The van der Waals surface area contributed by atoms with Crippen LogP contribution in [0.5, 0.6) is 0 Å². The fourth-order valence-electron chi connectivity index (χ4n) is 2.19. The first-order chi connectivity index (χ1) is 14.2. The molecule has 0 aromatic rings. The third kappa shape index (κ3) is 30.7. The number of hydrogen-bond acceptors (Lipinski definition) is 8. The molecule has 0 aromatic heterocycles. The molecule has 0 aromatic carbocycles. The molecule has 0 aliphatic heterocycles. The molecule has 31 heavy (non-hydrogen) atoms. The smallest absolute Gasteiger partial charge is 0.756 e. The molecule has 0 fully saturated rings. The second-order valence-electron chi connectivity index (χ2n) is 7.06. The molecule has 0 amide bonds. The zero-order valence-corrected chi connectivity index (χ0v) is 22.6. The Kier molecular flexibility index (Phi) is 29.7. The van der Waals surface area contributed by atoms with Crippen molar-refractivity contribution in [3.63, 3.8) is 0 Å². The number of phosphoric ester groups is 2. The summed E-state index contributed by atoms with van der Waals surface area (Å²) in [6, 6.07) is 0. The first-order valence-corrected chi connectivity index (χ1v) is 14.4. The summed E-state index contributed by atoms with van der Waals surface area (Å²) in [6.45, 7) is 9.17. The van der Waals surface area contributed by atoms with Gasteiger partial charge in [-0.25, -0.2) is 0 Å². The van der Waals surface area contributed by atoms with Crippen LogP contribution in [0, 0.1) is 0 Å². The van der Waals surface area contributed by atoms with Gasteiger partial charge in [0.15, 0.2) is 0 Å². The minimum atomic E-state index is -4.02. The molecule has 0 atom stereocenters. The van der Waals surface area contributed by atoms with E-state index in [1.54, 1.807) is 0 Å². The van der Waals surface area contributed by atoms with Crippen LogP contribution < -0.4 is 9.79 Å². The van der Waals surface area contributed by atoms with Crippen molar-refractivity contribution in [2.75, 3.05) is 26.4 Å². The Morgan fingerprint density at radius 3 is 0.839 bits per heavy atom. The SMILES string of the molecule is CCCCCOP(=O)([O-])OCCCCC.CCCCCOP(=O)([O-])OCCCCC.[Co+2]. The molecule has 0 aliphatic carbocycles. The molecular weight excluding hydrogens is 489 g/mol. The number of rotatable bonds is 20. The summed E-state index contributed by atoms with van der Waals surface area (Å²) in [5.41, 5.74) is 0. The molecule has 0 unspecified atom stereocenters. The van der Waals surface area contributed by atoms with E-state index in [1.165, 1.54) is 0 Å². The molecule has 0 bridgehead atoms. The van der Waals surface area contributed by atoms with Gasteiger partial charge >= 0.3 is 16.8 Å². The Morgan fingerprint density at radius 2 is 0.677 bits per heavy atom. The van der Waals surface area contributed by atoms with Gasteiger partial charge in [0.2, 0.25) is 0 Å². The molecule has 0 rings (SSSR count). The fourth-order valence-corrected chi connectivity index (χ4v) is 3.75. The van der Waals surface area contributed by atoms with Gasteiger partial charge in [-0.3, -0.25) is 9.13 Å². The second-order valence-corrected chi connectivity index (χ2v) is 9.88. The quantitative estimate of drug-likeness (QED) is 0.144. The van der Waals surface area contributed by atoms with Crippen LogP contribution in [0.25, 0.3) is 0 Å². The van der Waals surface area contributed by atoms with Gasteiger partial charge in [-0.1, -0.05) is 79.1 Å². The largest absolute Gasteiger partial charge is 2.00 e. The van der Waals surface area contributed by atoms with E-state index < -0.39 is 15.6 Å². The van der Waals surface area contributed by atoms with Crippen LogP contribution in [0.3, 0.4) is 0 Å². The van der Waals surface area contributed by atoms with Crippen molar-refractivity contribution in [2.45, 2.75) is 105 Å². The van der Waals surface area contributed by atoms with Crippen molar-refractivity contribution in [1.82, 2.24) is 0 Å². The summed E-state index contributed by atoms with van der Waals surface area (Å²) in [5.74, 6) is 0. The second kappa shape index (κ2) is 25.4. The Bertz CT molecular complexity index is 383. The van der Waals surface area contributed by atoms with Crippen LogP contribution in [-0.2, 0) is 44.0 Å². The predicted molar refractivity (Wildman–Crippen MR) is 117 cm³/mol. The van der Waals surface area contributed by atoms with Gasteiger partial charge < -0.3 is 27.9 Å². The summed E-state index contributed by atoms with van der Waals surface area (Å²) in [6.07, 6.45) is 11.2. The summed E-state index contributed by atoms with van der Waals surface area (Å²) in [7, 11) is -8.05. The normalized spacial score (nSPS) is 11.5. The van der Waals surface area contributed by atoms with Crippen molar-refractivity contribution in [3.8, 4) is 0 Å². The standard InChI is InChI=1S/2C10H23O4P.Co/c2*1-3-5-7-9-13-15(11,12)14-10-8-6-4-2;/h2*3-10H2,1-2H3,(H,11,12);/q;;+2/p-2. The summed E-state index contributed by atoms with van der Waals surface area (Å²) in [5, 5.41) is 0.